The van der Waals surface area contributed by atoms with E-state index in [1.807, 2.05) is 0 Å². The van der Waals surface area contributed by atoms with Crippen LogP contribution in [0.4, 0.5) is 8.78 Å². The van der Waals surface area contributed by atoms with Gasteiger partial charge in [0.1, 0.15) is 6.61 Å². The first kappa shape index (κ1) is 24.6. The van der Waals surface area contributed by atoms with Crippen molar-refractivity contribution in [3.63, 3.8) is 0 Å². The number of aromatic nitrogens is 2. The quantitative estimate of drug-likeness (QED) is 0.296. The van der Waals surface area contributed by atoms with Crippen LogP contribution in [-0.2, 0) is 43.7 Å². The van der Waals surface area contributed by atoms with Gasteiger partial charge in [-0.15, -0.1) is 20.4 Å². The molecule has 10 nitrogen and oxygen atoms in total. The van der Waals surface area contributed by atoms with Crippen LogP contribution in [0.1, 0.15) is 42.0 Å². The van der Waals surface area contributed by atoms with E-state index in [0.717, 1.165) is 0 Å². The van der Waals surface area contributed by atoms with Gasteiger partial charge in [-0.1, -0.05) is 6.92 Å². The van der Waals surface area contributed by atoms with Crippen molar-refractivity contribution >= 4 is 34.4 Å². The molecule has 0 aliphatic carbocycles. The number of nitrogens with zero attached hydrogens (tertiary/aromatic N) is 2. The van der Waals surface area contributed by atoms with E-state index in [2.05, 4.69) is 14.5 Å². The van der Waals surface area contributed by atoms with Crippen LogP contribution in [0.5, 0.6) is 11.5 Å². The van der Waals surface area contributed by atoms with Gasteiger partial charge in [-0.2, -0.15) is 0 Å². The van der Waals surface area contributed by atoms with Gasteiger partial charge in [0.2, 0.25) is 5.60 Å². The number of hydrogen-bond donors (Lipinski definition) is 1. The molecule has 3 aliphatic rings. The number of fused-ring (bicyclic) bond motifs is 6. The molecule has 1 atom stereocenters. The molecule has 0 radical (unpaired) electrons. The maximum Gasteiger partial charge on any atom is 0.586 e. The van der Waals surface area contributed by atoms with Gasteiger partial charge in [0.15, 0.2) is 11.5 Å². The minimum atomic E-state index is -3.80. The third-order valence-electron chi connectivity index (χ3n) is 7.07. The SMILES string of the molecule is CCC1(OC(=O)CCN)C(=O)OCc2c1cc1n(c2=O)Cc2c-1nc1cc3c(cc1c2CCl)OC(F)(F)O3. The molecule has 0 amide bonds. The van der Waals surface area contributed by atoms with Crippen molar-refractivity contribution in [1.29, 1.82) is 0 Å². The lowest BCUT2D eigenvalue weighted by Crippen LogP contribution is -2.47. The van der Waals surface area contributed by atoms with E-state index in [1.54, 1.807) is 13.0 Å². The van der Waals surface area contributed by atoms with Crippen molar-refractivity contribution in [3.8, 4) is 22.9 Å². The van der Waals surface area contributed by atoms with Crippen LogP contribution in [0.2, 0.25) is 0 Å². The maximum atomic E-state index is 13.7. The molecule has 6 rings (SSSR count). The highest BCUT2D eigenvalue weighted by molar-refractivity contribution is 6.18. The molecular weight excluding hydrogens is 528 g/mol. The molecule has 0 bridgehead atoms. The topological polar surface area (TPSA) is 132 Å². The molecular formula is C25H20ClF2N3O7. The summed E-state index contributed by atoms with van der Waals surface area (Å²) in [5.74, 6) is -1.84. The summed E-state index contributed by atoms with van der Waals surface area (Å²) >= 11 is 6.31. The Morgan fingerprint density at radius 2 is 1.95 bits per heavy atom. The van der Waals surface area contributed by atoms with Crippen molar-refractivity contribution in [2.75, 3.05) is 6.54 Å². The summed E-state index contributed by atoms with van der Waals surface area (Å²) in [6.45, 7) is 1.48. The van der Waals surface area contributed by atoms with Crippen LogP contribution >= 0.6 is 11.6 Å². The highest BCUT2D eigenvalue weighted by atomic mass is 35.5. The molecule has 0 saturated carbocycles. The van der Waals surface area contributed by atoms with Gasteiger partial charge in [0.25, 0.3) is 5.56 Å². The van der Waals surface area contributed by atoms with Crippen LogP contribution in [0.25, 0.3) is 22.3 Å². The summed E-state index contributed by atoms with van der Waals surface area (Å²) < 4.78 is 48.9. The van der Waals surface area contributed by atoms with E-state index < -0.39 is 29.4 Å². The Morgan fingerprint density at radius 1 is 1.21 bits per heavy atom. The summed E-state index contributed by atoms with van der Waals surface area (Å²) in [6.07, 6.45) is -3.92. The Morgan fingerprint density at radius 3 is 2.63 bits per heavy atom. The van der Waals surface area contributed by atoms with Gasteiger partial charge in [-0.3, -0.25) is 9.59 Å². The molecule has 13 heteroatoms. The van der Waals surface area contributed by atoms with Crippen molar-refractivity contribution in [3.05, 3.63) is 50.8 Å². The van der Waals surface area contributed by atoms with E-state index in [0.29, 0.717) is 33.4 Å². The molecule has 1 aromatic carbocycles. The minimum absolute atomic E-state index is 0.00294. The van der Waals surface area contributed by atoms with Crippen molar-refractivity contribution in [1.82, 2.24) is 9.55 Å². The number of nitrogens with two attached hydrogens (primary N) is 1. The number of cyclic esters (lactones) is 1. The molecule has 0 spiro atoms. The number of alkyl halides is 3. The first-order valence-corrected chi connectivity index (χ1v) is 12.3. The Balaban J connectivity index is 1.57. The first-order chi connectivity index (χ1) is 18.1. The van der Waals surface area contributed by atoms with Crippen molar-refractivity contribution in [2.24, 2.45) is 5.73 Å². The van der Waals surface area contributed by atoms with Gasteiger partial charge in [0, 0.05) is 35.0 Å². The molecule has 198 valence electrons. The maximum absolute atomic E-state index is 13.7. The van der Waals surface area contributed by atoms with E-state index in [-0.39, 0.29) is 61.0 Å². The lowest BCUT2D eigenvalue weighted by atomic mass is 9.85. The normalized spacial score (nSPS) is 20.1. The number of carbonyl (C=O) groups excluding carboxylic acids is 2. The molecule has 3 aromatic rings. The fourth-order valence-electron chi connectivity index (χ4n) is 5.28. The molecule has 5 heterocycles. The van der Waals surface area contributed by atoms with Crippen molar-refractivity contribution < 1.29 is 37.3 Å². The fraction of sp³-hybridized carbons (Fsp3) is 0.360. The molecule has 1 unspecified atom stereocenters. The lowest BCUT2D eigenvalue weighted by Gasteiger charge is -2.35. The molecule has 0 saturated heterocycles. The number of esters is 2. The minimum Gasteiger partial charge on any atom is -0.457 e. The zero-order chi connectivity index (χ0) is 27.0. The zero-order valence-electron chi connectivity index (χ0n) is 19.9. The zero-order valence-corrected chi connectivity index (χ0v) is 20.7. The van der Waals surface area contributed by atoms with Crippen molar-refractivity contribution in [2.45, 2.75) is 50.7 Å². The monoisotopic (exact) mass is 547 g/mol. The largest absolute Gasteiger partial charge is 0.586 e. The number of halogens is 3. The average Bonchev–Trinajstić information content (AvgIpc) is 3.38. The third-order valence-corrected chi connectivity index (χ3v) is 7.33. The summed E-state index contributed by atoms with van der Waals surface area (Å²) in [5, 5.41) is 0.474. The highest BCUT2D eigenvalue weighted by Gasteiger charge is 2.50. The fourth-order valence-corrected chi connectivity index (χ4v) is 5.58. The Labute approximate surface area is 218 Å². The highest BCUT2D eigenvalue weighted by Crippen LogP contribution is 2.46. The lowest BCUT2D eigenvalue weighted by molar-refractivity contribution is -0.286. The van der Waals surface area contributed by atoms with Gasteiger partial charge in [0.05, 0.1) is 35.4 Å². The predicted molar refractivity (Wildman–Crippen MR) is 128 cm³/mol. The number of hydrogen-bond acceptors (Lipinski definition) is 9. The first-order valence-electron chi connectivity index (χ1n) is 11.8. The average molecular weight is 548 g/mol. The molecule has 2 aromatic heterocycles. The second-order valence-electron chi connectivity index (χ2n) is 9.12. The Bertz CT molecular complexity index is 1620. The number of pyridine rings is 2. The van der Waals surface area contributed by atoms with Gasteiger partial charge in [-0.25, -0.2) is 9.78 Å². The molecule has 38 heavy (non-hydrogen) atoms. The van der Waals surface area contributed by atoms with Gasteiger partial charge < -0.3 is 29.2 Å². The Kier molecular flexibility index (Phi) is 5.41. The van der Waals surface area contributed by atoms with Gasteiger partial charge >= 0.3 is 18.2 Å². The van der Waals surface area contributed by atoms with Crippen LogP contribution in [0.15, 0.2) is 23.0 Å². The molecule has 3 aliphatic heterocycles. The smallest absolute Gasteiger partial charge is 0.457 e. The van der Waals surface area contributed by atoms with E-state index in [4.69, 9.17) is 26.8 Å². The standard InChI is InChI=1S/C25H20ClF2N3O7/c1-2-24(38-20(32)3-4-29)15-6-17-21-13(9-31(17)22(33)14(15)10-35-23(24)34)12(8-26)11-5-18-19(7-16(11)30-21)37-25(27,28)36-18/h5-7H,2-4,8-10,29H2,1H3. The predicted octanol–water partition coefficient (Wildman–Crippen LogP) is 3.04. The third kappa shape index (κ3) is 3.39. The summed E-state index contributed by atoms with van der Waals surface area (Å²) in [7, 11) is 0. The van der Waals surface area contributed by atoms with Crippen LogP contribution in [0, 0.1) is 0 Å². The number of carbonyl (C=O) groups is 2. The Hall–Kier alpha value is -3.77. The molecule has 0 fully saturated rings. The van der Waals surface area contributed by atoms with Crippen LogP contribution in [-0.4, -0.2) is 34.3 Å². The van der Waals surface area contributed by atoms with Gasteiger partial charge in [-0.05, 0) is 24.1 Å². The molecule has 2 N–H and O–H groups in total. The van der Waals surface area contributed by atoms with E-state index >= 15 is 0 Å². The van der Waals surface area contributed by atoms with E-state index in [9.17, 15) is 23.2 Å². The number of rotatable bonds is 5. The summed E-state index contributed by atoms with van der Waals surface area (Å²) in [4.78, 5) is 43.7. The van der Waals surface area contributed by atoms with E-state index in [1.165, 1.54) is 16.7 Å². The van der Waals surface area contributed by atoms with Crippen LogP contribution in [0.3, 0.4) is 0 Å². The summed E-state index contributed by atoms with van der Waals surface area (Å²) in [6, 6.07) is 4.31. The summed E-state index contributed by atoms with van der Waals surface area (Å²) in [5.41, 5.74) is 5.85. The number of benzene rings is 1. The second kappa shape index (κ2) is 8.37. The van der Waals surface area contributed by atoms with Crippen LogP contribution < -0.4 is 20.8 Å². The number of ether oxygens (including phenoxy) is 4. The second-order valence-corrected chi connectivity index (χ2v) is 9.38.